The summed E-state index contributed by atoms with van der Waals surface area (Å²) in [6, 6.07) is 17.9. The molecule has 1 fully saturated rings. The number of hydrogen-bond donors (Lipinski definition) is 1. The number of nitrogens with zero attached hydrogens (tertiary/aromatic N) is 3. The van der Waals surface area contributed by atoms with E-state index in [2.05, 4.69) is 44.6 Å². The minimum Gasteiger partial charge on any atom is -0.497 e. The Bertz CT molecular complexity index is 965. The minimum atomic E-state index is 0.0257. The quantitative estimate of drug-likeness (QED) is 0.649. The molecule has 0 radical (unpaired) electrons. The lowest BCUT2D eigenvalue weighted by Gasteiger charge is -2.31. The van der Waals surface area contributed by atoms with Crippen LogP contribution >= 0.6 is 0 Å². The molecule has 0 saturated carbocycles. The van der Waals surface area contributed by atoms with Gasteiger partial charge in [0.15, 0.2) is 0 Å². The third kappa shape index (κ3) is 5.04. The molecule has 7 nitrogen and oxygen atoms in total. The molecule has 4 rings (SSSR count). The van der Waals surface area contributed by atoms with Crippen LogP contribution in [0.3, 0.4) is 0 Å². The molecule has 1 aliphatic rings. The lowest BCUT2D eigenvalue weighted by Crippen LogP contribution is -2.40. The van der Waals surface area contributed by atoms with E-state index in [9.17, 15) is 4.79 Å². The van der Waals surface area contributed by atoms with Crippen LogP contribution in [0.4, 0.5) is 0 Å². The lowest BCUT2D eigenvalue weighted by atomic mass is 9.95. The van der Waals surface area contributed by atoms with Crippen molar-refractivity contribution in [3.05, 3.63) is 66.1 Å². The van der Waals surface area contributed by atoms with Gasteiger partial charge in [-0.25, -0.2) is 0 Å². The molecule has 0 bridgehead atoms. The SMILES string of the molecule is COc1cccc(-c2noc(CNC(=O)C3CCN(Cc4ccccc4)CC3)n2)c1. The van der Waals surface area contributed by atoms with Gasteiger partial charge in [-0.1, -0.05) is 47.6 Å². The van der Waals surface area contributed by atoms with Crippen LogP contribution in [0.15, 0.2) is 59.1 Å². The van der Waals surface area contributed by atoms with Crippen molar-refractivity contribution >= 4 is 5.91 Å². The molecule has 2 heterocycles. The number of carbonyl (C=O) groups excluding carboxylic acids is 1. The first-order valence-electron chi connectivity index (χ1n) is 10.2. The summed E-state index contributed by atoms with van der Waals surface area (Å²) in [5.41, 5.74) is 2.12. The Hall–Kier alpha value is -3.19. The van der Waals surface area contributed by atoms with Crippen LogP contribution in [0.25, 0.3) is 11.4 Å². The molecule has 0 spiro atoms. The van der Waals surface area contributed by atoms with E-state index in [0.717, 1.165) is 43.8 Å². The zero-order chi connectivity index (χ0) is 20.8. The minimum absolute atomic E-state index is 0.0257. The number of ether oxygens (including phenoxy) is 1. The maximum Gasteiger partial charge on any atom is 0.246 e. The van der Waals surface area contributed by atoms with E-state index >= 15 is 0 Å². The van der Waals surface area contributed by atoms with Crippen molar-refractivity contribution in [2.45, 2.75) is 25.9 Å². The molecule has 2 aromatic carbocycles. The largest absolute Gasteiger partial charge is 0.497 e. The lowest BCUT2D eigenvalue weighted by molar-refractivity contribution is -0.126. The van der Waals surface area contributed by atoms with Gasteiger partial charge in [0.05, 0.1) is 13.7 Å². The number of amides is 1. The topological polar surface area (TPSA) is 80.5 Å². The Morgan fingerprint density at radius 3 is 2.73 bits per heavy atom. The Kier molecular flexibility index (Phi) is 6.39. The smallest absolute Gasteiger partial charge is 0.246 e. The second kappa shape index (κ2) is 9.54. The normalized spacial score (nSPS) is 15.1. The van der Waals surface area contributed by atoms with Crippen LogP contribution < -0.4 is 10.1 Å². The second-order valence-electron chi connectivity index (χ2n) is 7.50. The number of piperidine rings is 1. The summed E-state index contributed by atoms with van der Waals surface area (Å²) in [5.74, 6) is 1.68. The molecule has 1 N–H and O–H groups in total. The summed E-state index contributed by atoms with van der Waals surface area (Å²) in [6.07, 6.45) is 1.72. The molecule has 1 aromatic heterocycles. The summed E-state index contributed by atoms with van der Waals surface area (Å²) >= 11 is 0. The fraction of sp³-hybridized carbons (Fsp3) is 0.348. The summed E-state index contributed by atoms with van der Waals surface area (Å²) in [6.45, 7) is 3.02. The number of benzene rings is 2. The first kappa shape index (κ1) is 20.1. The highest BCUT2D eigenvalue weighted by atomic mass is 16.5. The predicted octanol–water partition coefficient (Wildman–Crippen LogP) is 3.27. The highest BCUT2D eigenvalue weighted by Gasteiger charge is 2.25. The Balaban J connectivity index is 1.25. The van der Waals surface area contributed by atoms with Crippen molar-refractivity contribution in [1.29, 1.82) is 0 Å². The molecule has 1 amide bonds. The van der Waals surface area contributed by atoms with E-state index in [0.29, 0.717) is 11.7 Å². The highest BCUT2D eigenvalue weighted by Crippen LogP contribution is 2.22. The predicted molar refractivity (Wildman–Crippen MR) is 113 cm³/mol. The van der Waals surface area contributed by atoms with Crippen LogP contribution in [-0.2, 0) is 17.9 Å². The van der Waals surface area contributed by atoms with Crippen molar-refractivity contribution in [3.63, 3.8) is 0 Å². The van der Waals surface area contributed by atoms with Crippen LogP contribution in [0.1, 0.15) is 24.3 Å². The van der Waals surface area contributed by atoms with Gasteiger partial charge in [-0.2, -0.15) is 4.98 Å². The van der Waals surface area contributed by atoms with Crippen LogP contribution in [0.5, 0.6) is 5.75 Å². The molecule has 30 heavy (non-hydrogen) atoms. The first-order valence-corrected chi connectivity index (χ1v) is 10.2. The number of nitrogens with one attached hydrogen (secondary N) is 1. The van der Waals surface area contributed by atoms with E-state index in [1.807, 2.05) is 30.3 Å². The molecular formula is C23H26N4O3. The van der Waals surface area contributed by atoms with E-state index in [-0.39, 0.29) is 18.4 Å². The maximum absolute atomic E-state index is 12.6. The average molecular weight is 406 g/mol. The molecule has 7 heteroatoms. The fourth-order valence-corrected chi connectivity index (χ4v) is 3.71. The van der Waals surface area contributed by atoms with E-state index in [1.165, 1.54) is 5.56 Å². The molecule has 1 aliphatic heterocycles. The van der Waals surface area contributed by atoms with Crippen LogP contribution in [-0.4, -0.2) is 41.1 Å². The van der Waals surface area contributed by atoms with Crippen molar-refractivity contribution in [3.8, 4) is 17.1 Å². The van der Waals surface area contributed by atoms with Crippen LogP contribution in [0, 0.1) is 5.92 Å². The standard InChI is InChI=1S/C23H26N4O3/c1-29-20-9-5-8-19(14-20)22-25-21(30-26-22)15-24-23(28)18-10-12-27(13-11-18)16-17-6-3-2-4-7-17/h2-9,14,18H,10-13,15-16H2,1H3,(H,24,28). The third-order valence-electron chi connectivity index (χ3n) is 5.42. The zero-order valence-electron chi connectivity index (χ0n) is 17.1. The van der Waals surface area contributed by atoms with Gasteiger partial charge < -0.3 is 14.6 Å². The molecule has 0 unspecified atom stereocenters. The number of carbonyl (C=O) groups is 1. The summed E-state index contributed by atoms with van der Waals surface area (Å²) < 4.78 is 10.5. The fourth-order valence-electron chi connectivity index (χ4n) is 3.71. The van der Waals surface area contributed by atoms with Crippen molar-refractivity contribution < 1.29 is 14.1 Å². The van der Waals surface area contributed by atoms with Gasteiger partial charge in [-0.3, -0.25) is 9.69 Å². The van der Waals surface area contributed by atoms with E-state index in [1.54, 1.807) is 7.11 Å². The van der Waals surface area contributed by atoms with Crippen molar-refractivity contribution in [1.82, 2.24) is 20.4 Å². The van der Waals surface area contributed by atoms with Gasteiger partial charge in [-0.05, 0) is 43.6 Å². The average Bonchev–Trinajstić information content (AvgIpc) is 3.28. The Morgan fingerprint density at radius 2 is 1.97 bits per heavy atom. The van der Waals surface area contributed by atoms with Gasteiger partial charge in [-0.15, -0.1) is 0 Å². The molecule has 156 valence electrons. The van der Waals surface area contributed by atoms with Gasteiger partial charge in [0.1, 0.15) is 5.75 Å². The number of methoxy groups -OCH3 is 1. The zero-order valence-corrected chi connectivity index (χ0v) is 17.1. The summed E-state index contributed by atoms with van der Waals surface area (Å²) in [4.78, 5) is 19.3. The number of hydrogen-bond acceptors (Lipinski definition) is 6. The first-order chi connectivity index (χ1) is 14.7. The molecule has 0 aliphatic carbocycles. The van der Waals surface area contributed by atoms with Gasteiger partial charge >= 0.3 is 0 Å². The summed E-state index contributed by atoms with van der Waals surface area (Å²) in [7, 11) is 1.61. The summed E-state index contributed by atoms with van der Waals surface area (Å²) in [5, 5.41) is 6.94. The molecular weight excluding hydrogens is 380 g/mol. The number of rotatable bonds is 7. The van der Waals surface area contributed by atoms with Gasteiger partial charge in [0.2, 0.25) is 17.6 Å². The monoisotopic (exact) mass is 406 g/mol. The Morgan fingerprint density at radius 1 is 1.17 bits per heavy atom. The van der Waals surface area contributed by atoms with Gasteiger partial charge in [0, 0.05) is 18.0 Å². The van der Waals surface area contributed by atoms with E-state index in [4.69, 9.17) is 9.26 Å². The second-order valence-corrected chi connectivity index (χ2v) is 7.50. The Labute approximate surface area is 176 Å². The number of likely N-dealkylation sites (tertiary alicyclic amines) is 1. The molecule has 3 aromatic rings. The maximum atomic E-state index is 12.6. The molecule has 0 atom stereocenters. The van der Waals surface area contributed by atoms with Crippen molar-refractivity contribution in [2.24, 2.45) is 5.92 Å². The van der Waals surface area contributed by atoms with E-state index < -0.39 is 0 Å². The highest BCUT2D eigenvalue weighted by molar-refractivity contribution is 5.78. The number of aromatic nitrogens is 2. The third-order valence-corrected chi connectivity index (χ3v) is 5.42. The van der Waals surface area contributed by atoms with Gasteiger partial charge in [0.25, 0.3) is 0 Å². The van der Waals surface area contributed by atoms with Crippen molar-refractivity contribution in [2.75, 3.05) is 20.2 Å². The van der Waals surface area contributed by atoms with Crippen LogP contribution in [0.2, 0.25) is 0 Å². The molecule has 1 saturated heterocycles.